The number of aryl methyl sites for hydroxylation is 1. The molecule has 3 aromatic rings. The van der Waals surface area contributed by atoms with Gasteiger partial charge in [0, 0.05) is 31.0 Å². The fourth-order valence-electron chi connectivity index (χ4n) is 6.03. The molecule has 2 fully saturated rings. The van der Waals surface area contributed by atoms with E-state index in [4.69, 9.17) is 30.3 Å². The van der Waals surface area contributed by atoms with Crippen molar-refractivity contribution in [2.75, 3.05) is 32.7 Å². The second-order valence-corrected chi connectivity index (χ2v) is 12.7. The van der Waals surface area contributed by atoms with Crippen LogP contribution >= 0.6 is 23.6 Å². The first-order valence-electron chi connectivity index (χ1n) is 14.7. The molecule has 0 unspecified atom stereocenters. The molecule has 14 heteroatoms. The average Bonchev–Trinajstić information content (AvgIpc) is 3.62. The molecule has 2 aromatic carbocycles. The molecular weight excluding hydrogens is 627 g/mol. The van der Waals surface area contributed by atoms with Crippen molar-refractivity contribution in [1.82, 2.24) is 14.7 Å². The highest BCUT2D eigenvalue weighted by Crippen LogP contribution is 2.33. The van der Waals surface area contributed by atoms with Gasteiger partial charge in [-0.15, -0.1) is 0 Å². The average molecular weight is 663 g/mol. The van der Waals surface area contributed by atoms with Crippen LogP contribution in [0.15, 0.2) is 36.4 Å². The highest BCUT2D eigenvalue weighted by molar-refractivity contribution is 7.95. The Kier molecular flexibility index (Phi) is 11.0. The highest BCUT2D eigenvalue weighted by atomic mass is 35.5. The summed E-state index contributed by atoms with van der Waals surface area (Å²) in [5.74, 6) is -1.79. The Bertz CT molecular complexity index is 1550. The van der Waals surface area contributed by atoms with Crippen molar-refractivity contribution in [3.63, 3.8) is 0 Å². The van der Waals surface area contributed by atoms with Crippen molar-refractivity contribution in [3.05, 3.63) is 58.5 Å². The van der Waals surface area contributed by atoms with E-state index in [9.17, 15) is 14.4 Å². The number of halogens is 2. The van der Waals surface area contributed by atoms with Crippen molar-refractivity contribution in [1.29, 1.82) is 0 Å². The molecule has 45 heavy (non-hydrogen) atoms. The summed E-state index contributed by atoms with van der Waals surface area (Å²) in [5.41, 5.74) is 1.15. The van der Waals surface area contributed by atoms with Gasteiger partial charge in [-0.25, -0.2) is 9.28 Å². The van der Waals surface area contributed by atoms with E-state index in [0.29, 0.717) is 37.8 Å². The van der Waals surface area contributed by atoms with Gasteiger partial charge in [0.25, 0.3) is 5.91 Å². The van der Waals surface area contributed by atoms with E-state index in [2.05, 4.69) is 10.4 Å². The van der Waals surface area contributed by atoms with Gasteiger partial charge in [-0.3, -0.25) is 19.1 Å². The molecule has 0 radical (unpaired) electrons. The second kappa shape index (κ2) is 14.9. The monoisotopic (exact) mass is 662 g/mol. The minimum Gasteiger partial charge on any atom is -0.469 e. The number of hydrogen-bond donors (Lipinski definition) is 1. The van der Waals surface area contributed by atoms with E-state index in [1.807, 2.05) is 12.1 Å². The van der Waals surface area contributed by atoms with Crippen LogP contribution in [0, 0.1) is 11.7 Å². The number of rotatable bonds is 11. The van der Waals surface area contributed by atoms with Crippen molar-refractivity contribution in [2.45, 2.75) is 55.9 Å². The molecule has 242 valence electrons. The van der Waals surface area contributed by atoms with Crippen LogP contribution < -0.4 is 5.32 Å². The normalized spacial score (nSPS) is 21.7. The Balaban J connectivity index is 1.23. The van der Waals surface area contributed by atoms with E-state index in [0.717, 1.165) is 36.5 Å². The van der Waals surface area contributed by atoms with Crippen LogP contribution in [0.4, 0.5) is 10.1 Å². The van der Waals surface area contributed by atoms with Crippen molar-refractivity contribution < 1.29 is 37.5 Å². The second-order valence-electron chi connectivity index (χ2n) is 11.3. The maximum Gasteiger partial charge on any atom is 0.308 e. The number of esters is 1. The summed E-state index contributed by atoms with van der Waals surface area (Å²) in [6.07, 6.45) is 3.21. The van der Waals surface area contributed by atoms with Gasteiger partial charge in [0.2, 0.25) is 5.91 Å². The lowest BCUT2D eigenvalue weighted by molar-refractivity contribution is -0.160. The van der Waals surface area contributed by atoms with Crippen LogP contribution in [-0.2, 0) is 41.8 Å². The Morgan fingerprint density at radius 2 is 1.89 bits per heavy atom. The lowest BCUT2D eigenvalue weighted by atomic mass is 9.87. The molecule has 1 aliphatic heterocycles. The molecule has 1 N–H and O–H groups in total. The van der Waals surface area contributed by atoms with Crippen LogP contribution in [0.3, 0.4) is 0 Å². The number of amides is 2. The van der Waals surface area contributed by atoms with Crippen molar-refractivity contribution in [2.24, 2.45) is 13.0 Å². The topological polar surface area (TPSA) is 121 Å². The van der Waals surface area contributed by atoms with E-state index < -0.39 is 11.7 Å². The van der Waals surface area contributed by atoms with Gasteiger partial charge < -0.3 is 19.7 Å². The smallest absolute Gasteiger partial charge is 0.308 e. The SMILES string of the molecule is COOS[C@H]1C[C@@H](CO[C@H]2CC[C@H](C(=O)OC)CC2)N(C(=O)Cc2cc(Cl)c(NC(=O)c3nn(C)c4ccccc34)cc2F)C1. The summed E-state index contributed by atoms with van der Waals surface area (Å²) < 4.78 is 33.1. The molecule has 2 amide bonds. The molecule has 5 rings (SSSR count). The third kappa shape index (κ3) is 7.78. The summed E-state index contributed by atoms with van der Waals surface area (Å²) in [6, 6.07) is 9.51. The van der Waals surface area contributed by atoms with Crippen LogP contribution in [0.1, 0.15) is 48.2 Å². The van der Waals surface area contributed by atoms with Crippen LogP contribution in [0.5, 0.6) is 0 Å². The number of carbonyl (C=O) groups excluding carboxylic acids is 3. The van der Waals surface area contributed by atoms with Crippen LogP contribution in [-0.4, -0.2) is 77.2 Å². The number of nitrogens with zero attached hydrogens (tertiary/aromatic N) is 3. The van der Waals surface area contributed by atoms with Crippen LogP contribution in [0.25, 0.3) is 10.9 Å². The molecule has 1 saturated carbocycles. The third-order valence-electron chi connectivity index (χ3n) is 8.37. The zero-order chi connectivity index (χ0) is 32.1. The van der Waals surface area contributed by atoms with Crippen molar-refractivity contribution in [3.8, 4) is 0 Å². The van der Waals surface area contributed by atoms with Gasteiger partial charge in [0.15, 0.2) is 5.69 Å². The van der Waals surface area contributed by atoms with Gasteiger partial charge in [0.1, 0.15) is 5.82 Å². The van der Waals surface area contributed by atoms with E-state index in [1.165, 1.54) is 20.3 Å². The summed E-state index contributed by atoms with van der Waals surface area (Å²) in [5, 5.41) is 7.63. The van der Waals surface area contributed by atoms with Gasteiger partial charge in [-0.2, -0.15) is 9.43 Å². The van der Waals surface area contributed by atoms with Crippen molar-refractivity contribution >= 4 is 58.0 Å². The Morgan fingerprint density at radius 1 is 1.13 bits per heavy atom. The Labute approximate surface area is 269 Å². The molecular formula is C31H36ClFN4O7S. The summed E-state index contributed by atoms with van der Waals surface area (Å²) in [6.45, 7) is 0.678. The van der Waals surface area contributed by atoms with E-state index in [1.54, 1.807) is 28.8 Å². The molecule has 0 spiro atoms. The maximum atomic E-state index is 15.3. The Hall–Kier alpha value is -3.23. The molecule has 1 saturated heterocycles. The van der Waals surface area contributed by atoms with Gasteiger partial charge in [-0.05, 0) is 55.9 Å². The molecule has 11 nitrogen and oxygen atoms in total. The first kappa shape index (κ1) is 33.1. The number of fused-ring (bicyclic) bond motifs is 1. The summed E-state index contributed by atoms with van der Waals surface area (Å²) in [4.78, 5) is 44.8. The maximum absolute atomic E-state index is 15.3. The lowest BCUT2D eigenvalue weighted by Gasteiger charge is -2.30. The van der Waals surface area contributed by atoms with Gasteiger partial charge >= 0.3 is 5.97 Å². The standard InChI is InChI=1S/C31H36ClFN4O7S/c1-36-27-7-5-4-6-23(27)29(35-36)30(39)34-26-15-25(33)19(12-24(26)32)13-28(38)37-16-22(45-44-42-3)14-20(37)17-43-21-10-8-18(9-11-21)31(40)41-2/h4-7,12,15,18,20-22H,8-11,13-14,16-17H2,1-3H3,(H,34,39)/t18-,20-,21-,22-/m0/s1. The quantitative estimate of drug-likeness (QED) is 0.129. The fourth-order valence-corrected chi connectivity index (χ4v) is 6.97. The minimum absolute atomic E-state index is 0.0205. The number of likely N-dealkylation sites (tertiary alicyclic amines) is 1. The zero-order valence-corrected chi connectivity index (χ0v) is 26.9. The fraction of sp³-hybridized carbons (Fsp3) is 0.484. The molecule has 1 aliphatic carbocycles. The number of para-hydroxylation sites is 1. The third-order valence-corrected chi connectivity index (χ3v) is 9.51. The van der Waals surface area contributed by atoms with Crippen LogP contribution in [0.2, 0.25) is 5.02 Å². The summed E-state index contributed by atoms with van der Waals surface area (Å²) in [7, 11) is 4.54. The number of carbonyl (C=O) groups is 3. The van der Waals surface area contributed by atoms with E-state index in [-0.39, 0.29) is 63.6 Å². The largest absolute Gasteiger partial charge is 0.469 e. The number of methoxy groups -OCH3 is 1. The Morgan fingerprint density at radius 3 is 2.62 bits per heavy atom. The number of ether oxygens (including phenoxy) is 2. The number of aromatic nitrogens is 2. The molecule has 0 bridgehead atoms. The van der Waals surface area contributed by atoms with E-state index >= 15 is 4.39 Å². The minimum atomic E-state index is -0.670. The highest BCUT2D eigenvalue weighted by Gasteiger charge is 2.38. The zero-order valence-electron chi connectivity index (χ0n) is 25.3. The summed E-state index contributed by atoms with van der Waals surface area (Å²) >= 11 is 7.60. The number of benzene rings is 2. The molecule has 2 aliphatic rings. The molecule has 2 atom stereocenters. The predicted molar refractivity (Wildman–Crippen MR) is 167 cm³/mol. The van der Waals surface area contributed by atoms with Gasteiger partial charge in [0.05, 0.1) is 66.8 Å². The number of anilines is 1. The number of nitrogens with one attached hydrogen (secondary N) is 1. The number of hydrogen-bond acceptors (Lipinski definition) is 9. The first-order valence-corrected chi connectivity index (χ1v) is 15.9. The molecule has 2 heterocycles. The van der Waals surface area contributed by atoms with Gasteiger partial charge in [-0.1, -0.05) is 29.8 Å². The molecule has 1 aromatic heterocycles. The predicted octanol–water partition coefficient (Wildman–Crippen LogP) is 5.10. The first-order chi connectivity index (χ1) is 21.7. The lowest BCUT2D eigenvalue weighted by Crippen LogP contribution is -2.40.